The van der Waals surface area contributed by atoms with E-state index in [4.69, 9.17) is 14.2 Å². The summed E-state index contributed by atoms with van der Waals surface area (Å²) in [5, 5.41) is 6.52. The van der Waals surface area contributed by atoms with E-state index < -0.39 is 47.5 Å². The van der Waals surface area contributed by atoms with Crippen LogP contribution in [-0.4, -0.2) is 64.0 Å². The van der Waals surface area contributed by atoms with Crippen molar-refractivity contribution in [3.8, 4) is 0 Å². The molecule has 3 atom stereocenters. The van der Waals surface area contributed by atoms with E-state index in [1.54, 1.807) is 27.7 Å². The van der Waals surface area contributed by atoms with Crippen LogP contribution in [0.2, 0.25) is 0 Å². The number of aromatic nitrogens is 2. The maximum Gasteiger partial charge on any atom is 0.438 e. The van der Waals surface area contributed by atoms with E-state index in [0.717, 1.165) is 5.56 Å². The molecule has 2 heterocycles. The first-order valence-electron chi connectivity index (χ1n) is 13.3. The SMILES string of the molecule is CCOC(=O)C(CCCCc1noc(=O)[nH]1)[C@H]1[C@H](NC(=O)OC(C)(C)C)CCN1C(=O)OCc1ccccc1. The van der Waals surface area contributed by atoms with Crippen molar-refractivity contribution < 1.29 is 33.1 Å². The smallest absolute Gasteiger partial charge is 0.438 e. The lowest BCUT2D eigenvalue weighted by molar-refractivity contribution is -0.150. The average molecular weight is 547 g/mol. The molecule has 0 aliphatic carbocycles. The normalized spacial score (nSPS) is 17.9. The average Bonchev–Trinajstić information content (AvgIpc) is 3.48. The summed E-state index contributed by atoms with van der Waals surface area (Å²) >= 11 is 0. The molecule has 0 saturated carbocycles. The third kappa shape index (κ3) is 9.15. The highest BCUT2D eigenvalue weighted by Crippen LogP contribution is 2.30. The molecule has 0 spiro atoms. The maximum absolute atomic E-state index is 13.2. The number of ether oxygens (including phenoxy) is 3. The van der Waals surface area contributed by atoms with E-state index in [2.05, 4.69) is 20.0 Å². The first-order valence-corrected chi connectivity index (χ1v) is 13.3. The number of carbonyl (C=O) groups is 3. The van der Waals surface area contributed by atoms with Gasteiger partial charge < -0.3 is 24.4 Å². The van der Waals surface area contributed by atoms with Gasteiger partial charge in [-0.1, -0.05) is 41.9 Å². The largest absolute Gasteiger partial charge is 0.466 e. The van der Waals surface area contributed by atoms with Gasteiger partial charge in [0, 0.05) is 13.0 Å². The lowest BCUT2D eigenvalue weighted by Crippen LogP contribution is -2.53. The number of benzene rings is 1. The molecular formula is C27H38N4O8. The molecular weight excluding hydrogens is 508 g/mol. The Morgan fingerprint density at radius 2 is 1.92 bits per heavy atom. The fourth-order valence-corrected chi connectivity index (χ4v) is 4.65. The molecule has 12 nitrogen and oxygen atoms in total. The second-order valence-corrected chi connectivity index (χ2v) is 10.4. The van der Waals surface area contributed by atoms with Crippen LogP contribution in [0.5, 0.6) is 0 Å². The molecule has 1 aromatic heterocycles. The monoisotopic (exact) mass is 546 g/mol. The van der Waals surface area contributed by atoms with Crippen LogP contribution in [0, 0.1) is 5.92 Å². The van der Waals surface area contributed by atoms with Gasteiger partial charge in [-0.15, -0.1) is 0 Å². The first-order chi connectivity index (χ1) is 18.6. The van der Waals surface area contributed by atoms with Crippen molar-refractivity contribution in [1.82, 2.24) is 20.4 Å². The van der Waals surface area contributed by atoms with Gasteiger partial charge in [0.2, 0.25) is 0 Å². The van der Waals surface area contributed by atoms with Crippen LogP contribution in [-0.2, 0) is 32.0 Å². The summed E-state index contributed by atoms with van der Waals surface area (Å²) in [6.07, 6.45) is 1.21. The topological polar surface area (TPSA) is 153 Å². The molecule has 2 amide bonds. The van der Waals surface area contributed by atoms with Crippen LogP contribution < -0.4 is 11.1 Å². The molecule has 3 rings (SSSR count). The molecule has 1 unspecified atom stereocenters. The summed E-state index contributed by atoms with van der Waals surface area (Å²) in [4.78, 5) is 54.3. The number of likely N-dealkylation sites (tertiary alicyclic amines) is 1. The number of H-pyrrole nitrogens is 1. The van der Waals surface area contributed by atoms with Gasteiger partial charge in [0.15, 0.2) is 5.82 Å². The van der Waals surface area contributed by atoms with Gasteiger partial charge >= 0.3 is 23.9 Å². The number of rotatable bonds is 11. The zero-order chi connectivity index (χ0) is 28.4. The predicted octanol–water partition coefficient (Wildman–Crippen LogP) is 3.56. The Hall–Kier alpha value is -3.83. The number of alkyl carbamates (subject to hydrolysis) is 1. The van der Waals surface area contributed by atoms with E-state index >= 15 is 0 Å². The number of esters is 1. The summed E-state index contributed by atoms with van der Waals surface area (Å²) in [6, 6.07) is 8.04. The lowest BCUT2D eigenvalue weighted by atomic mass is 9.89. The van der Waals surface area contributed by atoms with Crippen LogP contribution in [0.15, 0.2) is 39.6 Å². The summed E-state index contributed by atoms with van der Waals surface area (Å²) < 4.78 is 21.0. The van der Waals surface area contributed by atoms with Crippen LogP contribution in [0.4, 0.5) is 9.59 Å². The second-order valence-electron chi connectivity index (χ2n) is 10.4. The molecule has 1 aromatic carbocycles. The van der Waals surface area contributed by atoms with Crippen molar-refractivity contribution in [2.75, 3.05) is 13.2 Å². The predicted molar refractivity (Wildman–Crippen MR) is 140 cm³/mol. The fourth-order valence-electron chi connectivity index (χ4n) is 4.65. The Kier molecular flexibility index (Phi) is 10.5. The number of hydrogen-bond donors (Lipinski definition) is 2. The molecule has 214 valence electrons. The number of unbranched alkanes of at least 4 members (excludes halogenated alkanes) is 1. The maximum atomic E-state index is 13.2. The third-order valence-electron chi connectivity index (χ3n) is 6.26. The van der Waals surface area contributed by atoms with Crippen molar-refractivity contribution in [2.24, 2.45) is 5.92 Å². The molecule has 1 saturated heterocycles. The van der Waals surface area contributed by atoms with Crippen LogP contribution in [0.25, 0.3) is 0 Å². The van der Waals surface area contributed by atoms with Gasteiger partial charge in [0.05, 0.1) is 24.6 Å². The van der Waals surface area contributed by atoms with Crippen molar-refractivity contribution >= 4 is 18.2 Å². The lowest BCUT2D eigenvalue weighted by Gasteiger charge is -2.33. The van der Waals surface area contributed by atoms with Gasteiger partial charge in [-0.05, 0) is 52.5 Å². The minimum atomic E-state index is -0.729. The van der Waals surface area contributed by atoms with E-state index in [9.17, 15) is 19.2 Å². The Bertz CT molecular complexity index is 1140. The molecule has 1 aliphatic rings. The summed E-state index contributed by atoms with van der Waals surface area (Å²) in [7, 11) is 0. The van der Waals surface area contributed by atoms with Gasteiger partial charge in [0.25, 0.3) is 0 Å². The second kappa shape index (κ2) is 13.8. The molecule has 0 radical (unpaired) electrons. The van der Waals surface area contributed by atoms with E-state index in [1.807, 2.05) is 30.3 Å². The number of nitrogens with one attached hydrogen (secondary N) is 2. The first kappa shape index (κ1) is 29.7. The molecule has 1 aliphatic heterocycles. The molecule has 2 N–H and O–H groups in total. The Balaban J connectivity index is 1.77. The Labute approximate surface area is 227 Å². The van der Waals surface area contributed by atoms with Crippen molar-refractivity contribution in [2.45, 2.75) is 84.1 Å². The van der Waals surface area contributed by atoms with Gasteiger partial charge in [-0.3, -0.25) is 14.3 Å². The summed E-state index contributed by atoms with van der Waals surface area (Å²) in [6.45, 7) is 7.53. The summed E-state index contributed by atoms with van der Waals surface area (Å²) in [5.74, 6) is -1.39. The Morgan fingerprint density at radius 3 is 2.56 bits per heavy atom. The molecule has 1 fully saturated rings. The highest BCUT2D eigenvalue weighted by atomic mass is 16.6. The Morgan fingerprint density at radius 1 is 1.18 bits per heavy atom. The molecule has 2 aromatic rings. The number of hydrogen-bond acceptors (Lipinski definition) is 9. The van der Waals surface area contributed by atoms with Crippen LogP contribution in [0.3, 0.4) is 0 Å². The van der Waals surface area contributed by atoms with Gasteiger partial charge in [-0.2, -0.15) is 0 Å². The fraction of sp³-hybridized carbons (Fsp3) is 0.593. The van der Waals surface area contributed by atoms with Gasteiger partial charge in [0.1, 0.15) is 12.2 Å². The van der Waals surface area contributed by atoms with Crippen molar-refractivity contribution in [1.29, 1.82) is 0 Å². The number of amides is 2. The zero-order valence-corrected chi connectivity index (χ0v) is 22.9. The van der Waals surface area contributed by atoms with E-state index in [1.165, 1.54) is 4.90 Å². The van der Waals surface area contributed by atoms with E-state index in [0.29, 0.717) is 37.9 Å². The number of nitrogens with zero attached hydrogens (tertiary/aromatic N) is 2. The third-order valence-corrected chi connectivity index (χ3v) is 6.26. The quantitative estimate of drug-likeness (QED) is 0.245. The molecule has 0 bridgehead atoms. The highest BCUT2D eigenvalue weighted by molar-refractivity contribution is 5.77. The highest BCUT2D eigenvalue weighted by Gasteiger charge is 2.46. The minimum Gasteiger partial charge on any atom is -0.466 e. The van der Waals surface area contributed by atoms with E-state index in [-0.39, 0.29) is 19.8 Å². The number of aryl methyl sites for hydroxylation is 1. The standard InChI is InChI=1S/C27H38N4O8/c1-5-36-23(32)19(13-9-10-14-21-29-25(34)39-30-21)22-20(28-24(33)38-27(2,3)4)15-16-31(22)26(35)37-17-18-11-7-6-8-12-18/h6-8,11-12,19-20,22H,5,9-10,13-17H2,1-4H3,(H,28,33)(H,29,30,34)/t19?,20-,22+/m1/s1. The van der Waals surface area contributed by atoms with Crippen LogP contribution in [0.1, 0.15) is 64.8 Å². The number of carbonyl (C=O) groups excluding carboxylic acids is 3. The van der Waals surface area contributed by atoms with Crippen molar-refractivity contribution in [3.63, 3.8) is 0 Å². The minimum absolute atomic E-state index is 0.0764. The molecule has 12 heteroatoms. The molecule has 39 heavy (non-hydrogen) atoms. The number of aromatic amines is 1. The van der Waals surface area contributed by atoms with Gasteiger partial charge in [-0.25, -0.2) is 14.4 Å². The van der Waals surface area contributed by atoms with Crippen LogP contribution >= 0.6 is 0 Å². The van der Waals surface area contributed by atoms with Crippen molar-refractivity contribution in [3.05, 3.63) is 52.3 Å². The summed E-state index contributed by atoms with van der Waals surface area (Å²) in [5.41, 5.74) is 0.118. The zero-order valence-electron chi connectivity index (χ0n) is 22.9.